The molecule has 0 heterocycles. The van der Waals surface area contributed by atoms with Gasteiger partial charge in [0.25, 0.3) is 10.0 Å². The third-order valence-electron chi connectivity index (χ3n) is 3.62. The minimum absolute atomic E-state index is 0.0154. The maximum Gasteiger partial charge on any atom is 0.263 e. The van der Waals surface area contributed by atoms with E-state index in [1.165, 1.54) is 12.1 Å². The first-order valence-corrected chi connectivity index (χ1v) is 9.02. The summed E-state index contributed by atoms with van der Waals surface area (Å²) in [4.78, 5) is 11.5. The predicted octanol–water partition coefficient (Wildman–Crippen LogP) is 3.77. The molecule has 3 rings (SSSR count). The van der Waals surface area contributed by atoms with Crippen molar-refractivity contribution in [1.29, 1.82) is 0 Å². The number of amides is 1. The summed E-state index contributed by atoms with van der Waals surface area (Å²) in [7, 11) is -3.87. The van der Waals surface area contributed by atoms with Crippen molar-refractivity contribution in [2.24, 2.45) is 0 Å². The molecule has 2 N–H and O–H groups in total. The predicted molar refractivity (Wildman–Crippen MR) is 100 cm³/mol. The molecule has 0 fully saturated rings. The second-order valence-corrected chi connectivity index (χ2v) is 7.01. The Labute approximate surface area is 146 Å². The van der Waals surface area contributed by atoms with Crippen LogP contribution < -0.4 is 10.0 Å². The fourth-order valence-corrected chi connectivity index (χ4v) is 3.66. The minimum atomic E-state index is -3.87. The number of hydrogen-bond acceptors (Lipinski definition) is 3. The number of carbonyl (C=O) groups excluding carboxylic acids is 1. The summed E-state index contributed by atoms with van der Waals surface area (Å²) in [5, 5.41) is 4.45. The van der Waals surface area contributed by atoms with Crippen molar-refractivity contribution in [3.8, 4) is 0 Å². The zero-order chi connectivity index (χ0) is 17.9. The number of para-hydroxylation sites is 1. The van der Waals surface area contributed by atoms with Gasteiger partial charge >= 0.3 is 0 Å². The Bertz CT molecular complexity index is 1060. The van der Waals surface area contributed by atoms with Gasteiger partial charge in [0, 0.05) is 5.69 Å². The van der Waals surface area contributed by atoms with Gasteiger partial charge < -0.3 is 5.32 Å². The lowest BCUT2D eigenvalue weighted by molar-refractivity contribution is -0.111. The van der Waals surface area contributed by atoms with Crippen LogP contribution in [-0.4, -0.2) is 14.3 Å². The molecule has 3 aromatic rings. The lowest BCUT2D eigenvalue weighted by Crippen LogP contribution is -2.17. The van der Waals surface area contributed by atoms with Gasteiger partial charge in [-0.3, -0.25) is 9.52 Å². The molecule has 0 radical (unpaired) electrons. The summed E-state index contributed by atoms with van der Waals surface area (Å²) < 4.78 is 28.0. The first-order chi connectivity index (χ1) is 12.0. The van der Waals surface area contributed by atoms with Crippen LogP contribution in [-0.2, 0) is 14.8 Å². The Balaban J connectivity index is 1.96. The molecular weight excluding hydrogens is 336 g/mol. The Morgan fingerprint density at radius 2 is 1.60 bits per heavy atom. The molecule has 25 heavy (non-hydrogen) atoms. The Morgan fingerprint density at radius 3 is 2.36 bits per heavy atom. The van der Waals surface area contributed by atoms with Crippen LogP contribution in [0, 0.1) is 0 Å². The van der Waals surface area contributed by atoms with Gasteiger partial charge in [-0.1, -0.05) is 49.0 Å². The largest absolute Gasteiger partial charge is 0.321 e. The lowest BCUT2D eigenvalue weighted by Gasteiger charge is -2.13. The summed E-state index contributed by atoms with van der Waals surface area (Å²) in [5.74, 6) is -0.478. The standard InChI is InChI=1S/C19H16N2O3S/c1-2-19(22)20-17-9-5-6-10-18(17)25(23,24)21-16-12-11-14-7-3-4-8-15(14)13-16/h2-13,21H,1H2,(H,20,22). The maximum atomic E-state index is 12.7. The van der Waals surface area contributed by atoms with Gasteiger partial charge in [0.15, 0.2) is 0 Å². The first kappa shape index (κ1) is 16.7. The highest BCUT2D eigenvalue weighted by molar-refractivity contribution is 7.92. The second-order valence-electron chi connectivity index (χ2n) is 5.36. The molecule has 0 aliphatic rings. The van der Waals surface area contributed by atoms with E-state index in [4.69, 9.17) is 0 Å². The van der Waals surface area contributed by atoms with Gasteiger partial charge in [-0.25, -0.2) is 8.42 Å². The van der Waals surface area contributed by atoms with Crippen molar-refractivity contribution in [3.05, 3.63) is 79.4 Å². The first-order valence-electron chi connectivity index (χ1n) is 7.54. The molecule has 0 aliphatic carbocycles. The average Bonchev–Trinajstić information content (AvgIpc) is 2.61. The van der Waals surface area contributed by atoms with Crippen LogP contribution in [0.1, 0.15) is 0 Å². The van der Waals surface area contributed by atoms with Crippen LogP contribution in [0.3, 0.4) is 0 Å². The molecule has 126 valence electrons. The van der Waals surface area contributed by atoms with Crippen molar-refractivity contribution in [2.75, 3.05) is 10.0 Å². The van der Waals surface area contributed by atoms with Crippen molar-refractivity contribution in [3.63, 3.8) is 0 Å². The van der Waals surface area contributed by atoms with Gasteiger partial charge in [-0.05, 0) is 41.1 Å². The molecule has 3 aromatic carbocycles. The summed E-state index contributed by atoms with van der Waals surface area (Å²) in [6.07, 6.45) is 1.08. The number of anilines is 2. The van der Waals surface area contributed by atoms with Crippen molar-refractivity contribution in [2.45, 2.75) is 4.90 Å². The summed E-state index contributed by atoms with van der Waals surface area (Å²) in [5.41, 5.74) is 0.643. The van der Waals surface area contributed by atoms with E-state index >= 15 is 0 Å². The Morgan fingerprint density at radius 1 is 0.920 bits per heavy atom. The van der Waals surface area contributed by atoms with E-state index in [0.717, 1.165) is 16.8 Å². The van der Waals surface area contributed by atoms with Gasteiger partial charge in [0.1, 0.15) is 4.90 Å². The molecular formula is C19H16N2O3S. The molecule has 0 saturated heterocycles. The number of nitrogens with one attached hydrogen (secondary N) is 2. The van der Waals surface area contributed by atoms with Crippen LogP contribution in [0.5, 0.6) is 0 Å². The zero-order valence-electron chi connectivity index (χ0n) is 13.3. The molecule has 0 atom stereocenters. The van der Waals surface area contributed by atoms with E-state index in [9.17, 15) is 13.2 Å². The van der Waals surface area contributed by atoms with Crippen molar-refractivity contribution >= 4 is 38.1 Å². The molecule has 0 unspecified atom stereocenters. The fraction of sp³-hybridized carbons (Fsp3) is 0. The van der Waals surface area contributed by atoms with E-state index in [0.29, 0.717) is 5.69 Å². The van der Waals surface area contributed by atoms with Gasteiger partial charge in [-0.15, -0.1) is 0 Å². The van der Waals surface area contributed by atoms with E-state index in [-0.39, 0.29) is 10.6 Å². The maximum absolute atomic E-state index is 12.7. The molecule has 0 aliphatic heterocycles. The Kier molecular flexibility index (Phi) is 4.54. The van der Waals surface area contributed by atoms with Crippen LogP contribution >= 0.6 is 0 Å². The quantitative estimate of drug-likeness (QED) is 0.687. The van der Waals surface area contributed by atoms with Crippen molar-refractivity contribution in [1.82, 2.24) is 0 Å². The zero-order valence-corrected chi connectivity index (χ0v) is 14.1. The number of hydrogen-bond donors (Lipinski definition) is 2. The SMILES string of the molecule is C=CC(=O)Nc1ccccc1S(=O)(=O)Nc1ccc2ccccc2c1. The topological polar surface area (TPSA) is 75.3 Å². The third-order valence-corrected chi connectivity index (χ3v) is 5.06. The van der Waals surface area contributed by atoms with E-state index in [1.807, 2.05) is 30.3 Å². The molecule has 0 spiro atoms. The monoisotopic (exact) mass is 352 g/mol. The molecule has 0 saturated carbocycles. The second kappa shape index (κ2) is 6.78. The summed E-state index contributed by atoms with van der Waals surface area (Å²) >= 11 is 0. The molecule has 6 heteroatoms. The molecule has 0 aromatic heterocycles. The lowest BCUT2D eigenvalue weighted by atomic mass is 10.1. The van der Waals surface area contributed by atoms with Gasteiger partial charge in [-0.2, -0.15) is 0 Å². The van der Waals surface area contributed by atoms with Crippen LogP contribution in [0.25, 0.3) is 10.8 Å². The summed E-state index contributed by atoms with van der Waals surface area (Å²) in [6, 6.07) is 19.2. The van der Waals surface area contributed by atoms with Gasteiger partial charge in [0.05, 0.1) is 5.69 Å². The summed E-state index contributed by atoms with van der Waals surface area (Å²) in [6.45, 7) is 3.37. The van der Waals surface area contributed by atoms with E-state index in [1.54, 1.807) is 24.3 Å². The van der Waals surface area contributed by atoms with Crippen molar-refractivity contribution < 1.29 is 13.2 Å². The minimum Gasteiger partial charge on any atom is -0.321 e. The highest BCUT2D eigenvalue weighted by Crippen LogP contribution is 2.25. The average molecular weight is 352 g/mol. The fourth-order valence-electron chi connectivity index (χ4n) is 2.45. The molecule has 1 amide bonds. The van der Waals surface area contributed by atoms with Crippen LogP contribution in [0.4, 0.5) is 11.4 Å². The Hall–Kier alpha value is -3.12. The van der Waals surface area contributed by atoms with Crippen LogP contribution in [0.15, 0.2) is 84.3 Å². The molecule has 0 bridgehead atoms. The number of rotatable bonds is 5. The smallest absolute Gasteiger partial charge is 0.263 e. The normalized spacial score (nSPS) is 11.0. The number of benzene rings is 3. The number of carbonyl (C=O) groups is 1. The number of fused-ring (bicyclic) bond motifs is 1. The van der Waals surface area contributed by atoms with Crippen LogP contribution in [0.2, 0.25) is 0 Å². The highest BCUT2D eigenvalue weighted by atomic mass is 32.2. The third kappa shape index (κ3) is 3.70. The number of sulfonamides is 1. The molecule has 5 nitrogen and oxygen atoms in total. The van der Waals surface area contributed by atoms with E-state index in [2.05, 4.69) is 16.6 Å². The van der Waals surface area contributed by atoms with Gasteiger partial charge in [0.2, 0.25) is 5.91 Å². The van der Waals surface area contributed by atoms with E-state index < -0.39 is 15.9 Å². The highest BCUT2D eigenvalue weighted by Gasteiger charge is 2.19.